The van der Waals surface area contributed by atoms with Crippen molar-refractivity contribution in [1.82, 2.24) is 9.97 Å². The molecule has 0 spiro atoms. The van der Waals surface area contributed by atoms with Gasteiger partial charge in [-0.15, -0.1) is 0 Å². The molecule has 18 heavy (non-hydrogen) atoms. The summed E-state index contributed by atoms with van der Waals surface area (Å²) in [6.45, 7) is 6.03. The predicted octanol–water partition coefficient (Wildman–Crippen LogP) is 3.13. The van der Waals surface area contributed by atoms with Gasteiger partial charge in [0.05, 0.1) is 18.3 Å². The fourth-order valence-corrected chi connectivity index (χ4v) is 1.87. The van der Waals surface area contributed by atoms with Crippen LogP contribution in [0, 0.1) is 11.8 Å². The van der Waals surface area contributed by atoms with E-state index < -0.39 is 0 Å². The van der Waals surface area contributed by atoms with Crippen LogP contribution in [0.15, 0.2) is 18.2 Å². The monoisotopic (exact) mass is 240 g/mol. The summed E-state index contributed by atoms with van der Waals surface area (Å²) in [6.07, 6.45) is 0. The number of nitrogens with zero attached hydrogens (tertiary/aromatic N) is 2. The number of methoxy groups -OCH3 is 1. The van der Waals surface area contributed by atoms with Crippen molar-refractivity contribution in [3.05, 3.63) is 29.7 Å². The van der Waals surface area contributed by atoms with E-state index in [2.05, 4.69) is 35.7 Å². The van der Waals surface area contributed by atoms with E-state index in [4.69, 9.17) is 4.74 Å². The smallest absolute Gasteiger partial charge is 0.205 e. The average molecular weight is 240 g/mol. The fraction of sp³-hybridized carbons (Fsp3) is 0.333. The molecule has 0 saturated heterocycles. The van der Waals surface area contributed by atoms with Crippen LogP contribution in [0.1, 0.15) is 38.2 Å². The number of ether oxygens (including phenoxy) is 1. The van der Waals surface area contributed by atoms with Crippen LogP contribution in [0.25, 0.3) is 10.9 Å². The molecule has 0 amide bonds. The van der Waals surface area contributed by atoms with Gasteiger partial charge in [0.2, 0.25) is 5.82 Å². The summed E-state index contributed by atoms with van der Waals surface area (Å²) in [5.74, 6) is 7.46. The Morgan fingerprint density at radius 2 is 2.00 bits per heavy atom. The second-order valence-electron chi connectivity index (χ2n) is 4.35. The second-order valence-corrected chi connectivity index (χ2v) is 4.35. The van der Waals surface area contributed by atoms with E-state index in [-0.39, 0.29) is 0 Å². The predicted molar refractivity (Wildman–Crippen MR) is 72.7 cm³/mol. The number of hydrogen-bond acceptors (Lipinski definition) is 3. The number of aromatic nitrogens is 2. The largest absolute Gasteiger partial charge is 0.497 e. The molecule has 0 unspecified atom stereocenters. The lowest BCUT2D eigenvalue weighted by Gasteiger charge is -2.10. The van der Waals surface area contributed by atoms with E-state index in [0.29, 0.717) is 11.7 Å². The molecule has 0 bridgehead atoms. The Morgan fingerprint density at radius 1 is 1.22 bits per heavy atom. The third-order valence-electron chi connectivity index (χ3n) is 2.72. The Morgan fingerprint density at radius 3 is 2.61 bits per heavy atom. The minimum Gasteiger partial charge on any atom is -0.497 e. The lowest BCUT2D eigenvalue weighted by atomic mass is 10.0. The number of benzene rings is 1. The highest BCUT2D eigenvalue weighted by Crippen LogP contribution is 2.25. The van der Waals surface area contributed by atoms with Gasteiger partial charge in [-0.1, -0.05) is 19.8 Å². The van der Waals surface area contributed by atoms with Gasteiger partial charge in [0.25, 0.3) is 0 Å². The fourth-order valence-electron chi connectivity index (χ4n) is 1.87. The third-order valence-corrected chi connectivity index (χ3v) is 2.72. The molecular formula is C15H16N2O. The van der Waals surface area contributed by atoms with Crippen LogP contribution in [0.2, 0.25) is 0 Å². The molecule has 3 heteroatoms. The highest BCUT2D eigenvalue weighted by molar-refractivity contribution is 5.83. The molecule has 0 N–H and O–H groups in total. The molecule has 0 aliphatic rings. The first-order valence-corrected chi connectivity index (χ1v) is 5.94. The van der Waals surface area contributed by atoms with Gasteiger partial charge >= 0.3 is 0 Å². The van der Waals surface area contributed by atoms with E-state index in [9.17, 15) is 0 Å². The standard InChI is InChI=1S/C15H16N2O/c1-5-6-14-16-13-9-11(18-4)7-8-12(13)15(17-14)10(2)3/h7-10H,1-4H3. The zero-order valence-corrected chi connectivity index (χ0v) is 11.1. The van der Waals surface area contributed by atoms with Crippen molar-refractivity contribution < 1.29 is 4.74 Å². The van der Waals surface area contributed by atoms with Gasteiger partial charge in [0.1, 0.15) is 5.75 Å². The van der Waals surface area contributed by atoms with E-state index in [0.717, 1.165) is 22.3 Å². The minimum absolute atomic E-state index is 0.335. The quantitative estimate of drug-likeness (QED) is 0.756. The summed E-state index contributed by atoms with van der Waals surface area (Å²) in [5.41, 5.74) is 1.91. The number of fused-ring (bicyclic) bond motifs is 1. The number of rotatable bonds is 2. The Bertz CT molecular complexity index is 636. The van der Waals surface area contributed by atoms with E-state index in [1.807, 2.05) is 18.2 Å². The summed E-state index contributed by atoms with van der Waals surface area (Å²) in [7, 11) is 1.65. The Hall–Kier alpha value is -2.08. The summed E-state index contributed by atoms with van der Waals surface area (Å²) >= 11 is 0. The van der Waals surface area contributed by atoms with Crippen molar-refractivity contribution in [3.63, 3.8) is 0 Å². The molecule has 0 atom stereocenters. The van der Waals surface area contributed by atoms with Gasteiger partial charge in [-0.05, 0) is 30.9 Å². The number of hydrogen-bond donors (Lipinski definition) is 0. The molecule has 1 aromatic carbocycles. The maximum Gasteiger partial charge on any atom is 0.205 e. The first-order valence-electron chi connectivity index (χ1n) is 5.94. The van der Waals surface area contributed by atoms with Crippen molar-refractivity contribution in [2.45, 2.75) is 26.7 Å². The molecule has 0 fully saturated rings. The SMILES string of the molecule is CC#Cc1nc(C(C)C)c2ccc(OC)cc2n1. The van der Waals surface area contributed by atoms with Crippen molar-refractivity contribution in [1.29, 1.82) is 0 Å². The molecular weight excluding hydrogens is 224 g/mol. The maximum absolute atomic E-state index is 5.23. The Labute approximate surface area is 107 Å². The lowest BCUT2D eigenvalue weighted by molar-refractivity contribution is 0.415. The first kappa shape index (κ1) is 12.4. The van der Waals surface area contributed by atoms with Gasteiger partial charge in [0, 0.05) is 11.5 Å². The van der Waals surface area contributed by atoms with Gasteiger partial charge in [-0.25, -0.2) is 9.97 Å². The van der Waals surface area contributed by atoms with Gasteiger partial charge in [-0.2, -0.15) is 0 Å². The molecule has 0 saturated carbocycles. The highest BCUT2D eigenvalue weighted by Gasteiger charge is 2.10. The van der Waals surface area contributed by atoms with Crippen LogP contribution in [0.5, 0.6) is 5.75 Å². The molecule has 92 valence electrons. The highest BCUT2D eigenvalue weighted by atomic mass is 16.5. The molecule has 1 heterocycles. The van der Waals surface area contributed by atoms with Crippen molar-refractivity contribution >= 4 is 10.9 Å². The topological polar surface area (TPSA) is 35.0 Å². The normalized spacial score (nSPS) is 10.3. The maximum atomic E-state index is 5.23. The molecule has 1 aromatic heterocycles. The summed E-state index contributed by atoms with van der Waals surface area (Å²) in [5, 5.41) is 1.06. The second kappa shape index (κ2) is 5.05. The first-order chi connectivity index (χ1) is 8.65. The molecule has 0 aliphatic heterocycles. The van der Waals surface area contributed by atoms with Crippen LogP contribution >= 0.6 is 0 Å². The Kier molecular flexibility index (Phi) is 3.47. The van der Waals surface area contributed by atoms with Crippen molar-refractivity contribution in [3.8, 4) is 17.6 Å². The van der Waals surface area contributed by atoms with Crippen LogP contribution in [-0.4, -0.2) is 17.1 Å². The third kappa shape index (κ3) is 2.28. The van der Waals surface area contributed by atoms with Gasteiger partial charge in [0.15, 0.2) is 0 Å². The van der Waals surface area contributed by atoms with Crippen LogP contribution < -0.4 is 4.74 Å². The minimum atomic E-state index is 0.335. The molecule has 0 aliphatic carbocycles. The van der Waals surface area contributed by atoms with Crippen LogP contribution in [-0.2, 0) is 0 Å². The van der Waals surface area contributed by atoms with Crippen molar-refractivity contribution in [2.75, 3.05) is 7.11 Å². The average Bonchev–Trinajstić information content (AvgIpc) is 2.37. The molecule has 3 nitrogen and oxygen atoms in total. The molecule has 2 rings (SSSR count). The van der Waals surface area contributed by atoms with Crippen LogP contribution in [0.4, 0.5) is 0 Å². The van der Waals surface area contributed by atoms with E-state index >= 15 is 0 Å². The zero-order valence-electron chi connectivity index (χ0n) is 11.1. The van der Waals surface area contributed by atoms with Gasteiger partial charge in [-0.3, -0.25) is 0 Å². The van der Waals surface area contributed by atoms with Crippen LogP contribution in [0.3, 0.4) is 0 Å². The zero-order chi connectivity index (χ0) is 13.1. The summed E-state index contributed by atoms with van der Waals surface area (Å²) < 4.78 is 5.23. The van der Waals surface area contributed by atoms with Crippen molar-refractivity contribution in [2.24, 2.45) is 0 Å². The molecule has 0 radical (unpaired) electrons. The summed E-state index contributed by atoms with van der Waals surface area (Å²) in [4.78, 5) is 8.97. The lowest BCUT2D eigenvalue weighted by Crippen LogP contribution is -2.00. The van der Waals surface area contributed by atoms with Gasteiger partial charge < -0.3 is 4.74 Å². The Balaban J connectivity index is 2.75. The molecule has 2 aromatic rings. The van der Waals surface area contributed by atoms with E-state index in [1.165, 1.54) is 0 Å². The summed E-state index contributed by atoms with van der Waals surface area (Å²) in [6, 6.07) is 5.86. The van der Waals surface area contributed by atoms with E-state index in [1.54, 1.807) is 14.0 Å².